The van der Waals surface area contributed by atoms with Crippen molar-refractivity contribution >= 4 is 5.91 Å². The Morgan fingerprint density at radius 2 is 2.16 bits per heavy atom. The summed E-state index contributed by atoms with van der Waals surface area (Å²) >= 11 is 0. The highest BCUT2D eigenvalue weighted by atomic mass is 16.2. The molecule has 1 aromatic rings. The minimum absolute atomic E-state index is 0.00509. The normalized spacial score (nSPS) is 26.9. The Hall–Kier alpha value is -1.35. The average Bonchev–Trinajstić information content (AvgIpc) is 2.46. The van der Waals surface area contributed by atoms with Crippen LogP contribution in [0, 0.1) is 0 Å². The molecule has 2 aliphatic heterocycles. The average molecular weight is 258 g/mol. The van der Waals surface area contributed by atoms with Gasteiger partial charge >= 0.3 is 0 Å². The fourth-order valence-corrected chi connectivity index (χ4v) is 3.34. The summed E-state index contributed by atoms with van der Waals surface area (Å²) in [6, 6.07) is 8.74. The molecule has 3 heteroatoms. The van der Waals surface area contributed by atoms with Gasteiger partial charge in [-0.2, -0.15) is 0 Å². The predicted molar refractivity (Wildman–Crippen MR) is 75.9 cm³/mol. The number of nitrogens with zero attached hydrogens (tertiary/aromatic N) is 1. The van der Waals surface area contributed by atoms with E-state index in [1.807, 2.05) is 6.07 Å². The first-order valence-corrected chi connectivity index (χ1v) is 7.36. The molecule has 0 bridgehead atoms. The third-order valence-corrected chi connectivity index (χ3v) is 4.48. The molecular weight excluding hydrogens is 236 g/mol. The first kappa shape index (κ1) is 12.7. The zero-order valence-corrected chi connectivity index (χ0v) is 11.6. The van der Waals surface area contributed by atoms with Crippen LogP contribution in [0.3, 0.4) is 0 Å². The lowest BCUT2D eigenvalue weighted by Crippen LogP contribution is -2.47. The second-order valence-electron chi connectivity index (χ2n) is 5.76. The monoisotopic (exact) mass is 258 g/mol. The van der Waals surface area contributed by atoms with Gasteiger partial charge in [0.05, 0.1) is 5.92 Å². The highest BCUT2D eigenvalue weighted by Gasteiger charge is 2.32. The zero-order valence-electron chi connectivity index (χ0n) is 11.6. The number of likely N-dealkylation sites (tertiary alicyclic amines) is 1. The minimum atomic E-state index is 0.00509. The maximum atomic E-state index is 12.8. The van der Waals surface area contributed by atoms with E-state index >= 15 is 0 Å². The van der Waals surface area contributed by atoms with Gasteiger partial charge in [-0.15, -0.1) is 0 Å². The Labute approximate surface area is 115 Å². The molecule has 0 aromatic heterocycles. The molecule has 1 aromatic carbocycles. The second kappa shape index (κ2) is 5.33. The van der Waals surface area contributed by atoms with E-state index in [4.69, 9.17) is 0 Å². The van der Waals surface area contributed by atoms with Gasteiger partial charge in [-0.05, 0) is 37.3 Å². The third-order valence-electron chi connectivity index (χ3n) is 4.48. The van der Waals surface area contributed by atoms with Crippen molar-refractivity contribution in [2.75, 3.05) is 13.1 Å². The maximum absolute atomic E-state index is 12.8. The number of rotatable bonds is 1. The number of hydrogen-bond acceptors (Lipinski definition) is 2. The molecule has 1 saturated heterocycles. The molecular formula is C16H22N2O. The SMILES string of the molecule is CC1CCCCN1C(=O)C1CNCc2ccccc21. The molecule has 1 amide bonds. The van der Waals surface area contributed by atoms with E-state index in [2.05, 4.69) is 35.3 Å². The van der Waals surface area contributed by atoms with Gasteiger partial charge in [-0.25, -0.2) is 0 Å². The van der Waals surface area contributed by atoms with Crippen LogP contribution in [0.4, 0.5) is 0 Å². The summed E-state index contributed by atoms with van der Waals surface area (Å²) in [5.41, 5.74) is 2.50. The Morgan fingerprint density at radius 1 is 1.32 bits per heavy atom. The summed E-state index contributed by atoms with van der Waals surface area (Å²) in [5.74, 6) is 0.317. The van der Waals surface area contributed by atoms with Crippen LogP contribution in [0.1, 0.15) is 43.2 Å². The number of hydrogen-bond donors (Lipinski definition) is 1. The number of benzene rings is 1. The van der Waals surface area contributed by atoms with Crippen molar-refractivity contribution in [1.29, 1.82) is 0 Å². The van der Waals surface area contributed by atoms with Gasteiger partial charge < -0.3 is 10.2 Å². The van der Waals surface area contributed by atoms with Crippen molar-refractivity contribution in [2.45, 2.75) is 44.7 Å². The maximum Gasteiger partial charge on any atom is 0.231 e. The lowest BCUT2D eigenvalue weighted by atomic mass is 9.88. The van der Waals surface area contributed by atoms with Gasteiger partial charge in [0.15, 0.2) is 0 Å². The lowest BCUT2D eigenvalue weighted by Gasteiger charge is -2.37. The lowest BCUT2D eigenvalue weighted by molar-refractivity contribution is -0.136. The Balaban J connectivity index is 1.84. The molecule has 1 fully saturated rings. The molecule has 2 atom stereocenters. The molecule has 2 aliphatic rings. The Kier molecular flexibility index (Phi) is 3.56. The van der Waals surface area contributed by atoms with Crippen LogP contribution < -0.4 is 5.32 Å². The number of amides is 1. The quantitative estimate of drug-likeness (QED) is 0.838. The van der Waals surface area contributed by atoms with Crippen molar-refractivity contribution in [2.24, 2.45) is 0 Å². The molecule has 2 unspecified atom stereocenters. The van der Waals surface area contributed by atoms with Gasteiger partial charge in [0.25, 0.3) is 0 Å². The molecule has 0 aliphatic carbocycles. The van der Waals surface area contributed by atoms with E-state index in [0.29, 0.717) is 11.9 Å². The topological polar surface area (TPSA) is 32.3 Å². The van der Waals surface area contributed by atoms with Crippen molar-refractivity contribution in [3.8, 4) is 0 Å². The number of piperidine rings is 1. The van der Waals surface area contributed by atoms with E-state index in [1.165, 1.54) is 17.5 Å². The van der Waals surface area contributed by atoms with Gasteiger partial charge in [-0.1, -0.05) is 24.3 Å². The first-order valence-electron chi connectivity index (χ1n) is 7.36. The molecule has 0 saturated carbocycles. The van der Waals surface area contributed by atoms with Crippen LogP contribution in [0.25, 0.3) is 0 Å². The predicted octanol–water partition coefficient (Wildman–Crippen LogP) is 2.27. The van der Waals surface area contributed by atoms with Crippen LogP contribution >= 0.6 is 0 Å². The van der Waals surface area contributed by atoms with Crippen molar-refractivity contribution < 1.29 is 4.79 Å². The van der Waals surface area contributed by atoms with Crippen molar-refractivity contribution in [3.63, 3.8) is 0 Å². The third kappa shape index (κ3) is 2.39. The van der Waals surface area contributed by atoms with Crippen LogP contribution in [0.2, 0.25) is 0 Å². The van der Waals surface area contributed by atoms with E-state index in [-0.39, 0.29) is 5.92 Å². The zero-order chi connectivity index (χ0) is 13.2. The Bertz CT molecular complexity index is 472. The largest absolute Gasteiger partial charge is 0.339 e. The number of carbonyl (C=O) groups excluding carboxylic acids is 1. The van der Waals surface area contributed by atoms with Gasteiger partial charge in [0.2, 0.25) is 5.91 Å². The molecule has 3 nitrogen and oxygen atoms in total. The van der Waals surface area contributed by atoms with Gasteiger partial charge in [0.1, 0.15) is 0 Å². The van der Waals surface area contributed by atoms with E-state index < -0.39 is 0 Å². The number of fused-ring (bicyclic) bond motifs is 1. The minimum Gasteiger partial charge on any atom is -0.339 e. The summed E-state index contributed by atoms with van der Waals surface area (Å²) in [6.07, 6.45) is 3.55. The fraction of sp³-hybridized carbons (Fsp3) is 0.562. The molecule has 19 heavy (non-hydrogen) atoms. The summed E-state index contributed by atoms with van der Waals surface area (Å²) in [4.78, 5) is 14.9. The summed E-state index contributed by atoms with van der Waals surface area (Å²) < 4.78 is 0. The molecule has 0 radical (unpaired) electrons. The Morgan fingerprint density at radius 3 is 3.00 bits per heavy atom. The van der Waals surface area contributed by atoms with Crippen molar-refractivity contribution in [3.05, 3.63) is 35.4 Å². The smallest absolute Gasteiger partial charge is 0.231 e. The van der Waals surface area contributed by atoms with E-state index in [9.17, 15) is 4.79 Å². The van der Waals surface area contributed by atoms with Crippen LogP contribution in [0.15, 0.2) is 24.3 Å². The highest BCUT2D eigenvalue weighted by molar-refractivity contribution is 5.85. The number of carbonyl (C=O) groups is 1. The summed E-state index contributed by atoms with van der Waals surface area (Å²) in [5, 5.41) is 3.38. The first-order chi connectivity index (χ1) is 9.27. The number of nitrogens with one attached hydrogen (secondary N) is 1. The summed E-state index contributed by atoms with van der Waals surface area (Å²) in [6.45, 7) is 4.77. The highest BCUT2D eigenvalue weighted by Crippen LogP contribution is 2.28. The van der Waals surface area contributed by atoms with E-state index in [0.717, 1.165) is 32.5 Å². The second-order valence-corrected chi connectivity index (χ2v) is 5.76. The van der Waals surface area contributed by atoms with E-state index in [1.54, 1.807) is 0 Å². The molecule has 3 rings (SSSR count). The van der Waals surface area contributed by atoms with Gasteiger partial charge in [-0.3, -0.25) is 4.79 Å². The summed E-state index contributed by atoms with van der Waals surface area (Å²) in [7, 11) is 0. The molecule has 102 valence electrons. The van der Waals surface area contributed by atoms with Gasteiger partial charge in [0, 0.05) is 25.7 Å². The van der Waals surface area contributed by atoms with Crippen LogP contribution in [-0.4, -0.2) is 29.9 Å². The molecule has 1 N–H and O–H groups in total. The van der Waals surface area contributed by atoms with Crippen LogP contribution in [-0.2, 0) is 11.3 Å². The van der Waals surface area contributed by atoms with Crippen LogP contribution in [0.5, 0.6) is 0 Å². The fourth-order valence-electron chi connectivity index (χ4n) is 3.34. The molecule has 0 spiro atoms. The standard InChI is InChI=1S/C16H22N2O/c1-12-6-4-5-9-18(12)16(19)15-11-17-10-13-7-2-3-8-14(13)15/h2-3,7-8,12,15,17H,4-6,9-11H2,1H3. The van der Waals surface area contributed by atoms with Crippen molar-refractivity contribution in [1.82, 2.24) is 10.2 Å². The molecule has 2 heterocycles.